The number of nitrogens with zero attached hydrogens (tertiary/aromatic N) is 1. The molecule has 1 N–H and O–H groups in total. The lowest BCUT2D eigenvalue weighted by molar-refractivity contribution is -0.107. The van der Waals surface area contributed by atoms with Crippen molar-refractivity contribution in [1.82, 2.24) is 0 Å². The largest absolute Gasteiger partial charge is 0.328 e. The lowest BCUT2D eigenvalue weighted by atomic mass is 9.83. The number of aryl methyl sites for hydroxylation is 1. The molecule has 10 aromatic rings. The molecule has 0 saturated heterocycles. The maximum atomic E-state index is 13.0. The Kier molecular flexibility index (Phi) is 10.5. The molecule has 0 aliphatic rings. The van der Waals surface area contributed by atoms with Crippen molar-refractivity contribution < 1.29 is 9.59 Å². The Morgan fingerprint density at radius 2 is 0.905 bits per heavy atom. The van der Waals surface area contributed by atoms with Gasteiger partial charge < -0.3 is 5.32 Å². The molecule has 0 spiro atoms. The van der Waals surface area contributed by atoms with Crippen LogP contribution in [0.15, 0.2) is 218 Å². The number of hydrogen-bond acceptors (Lipinski definition) is 2. The highest BCUT2D eigenvalue weighted by Gasteiger charge is 2.22. The molecule has 300 valence electrons. The highest BCUT2D eigenvalue weighted by Crippen LogP contribution is 2.48. The van der Waals surface area contributed by atoms with Crippen LogP contribution in [-0.2, 0) is 9.59 Å². The average molecular weight is 811 g/mol. The summed E-state index contributed by atoms with van der Waals surface area (Å²) in [5.74, 6) is 0. The van der Waals surface area contributed by atoms with Gasteiger partial charge in [0.05, 0.1) is 5.69 Å². The molecule has 10 aromatic carbocycles. The molecular weight excluding hydrogens is 769 g/mol. The van der Waals surface area contributed by atoms with Crippen LogP contribution in [0.2, 0.25) is 0 Å². The Labute approximate surface area is 367 Å². The molecule has 0 heterocycles. The fourth-order valence-electron chi connectivity index (χ4n) is 9.15. The maximum absolute atomic E-state index is 13.0. The third-order valence-electron chi connectivity index (χ3n) is 12.1. The quantitative estimate of drug-likeness (QED) is 0.104. The monoisotopic (exact) mass is 810 g/mol. The second-order valence-electron chi connectivity index (χ2n) is 15.7. The first-order chi connectivity index (χ1) is 31.1. The van der Waals surface area contributed by atoms with Gasteiger partial charge in [0.1, 0.15) is 0 Å². The Morgan fingerprint density at radius 3 is 1.59 bits per heavy atom. The molecule has 0 bridgehead atoms. The van der Waals surface area contributed by atoms with Gasteiger partial charge in [-0.1, -0.05) is 176 Å². The summed E-state index contributed by atoms with van der Waals surface area (Å²) in [6.07, 6.45) is 1.65. The van der Waals surface area contributed by atoms with Crippen molar-refractivity contribution in [1.29, 1.82) is 0 Å². The van der Waals surface area contributed by atoms with Crippen molar-refractivity contribution in [2.24, 2.45) is 0 Å². The van der Waals surface area contributed by atoms with Gasteiger partial charge in [-0.15, -0.1) is 0 Å². The zero-order valence-electron chi connectivity index (χ0n) is 34.7. The average Bonchev–Trinajstić information content (AvgIpc) is 3.35. The second-order valence-corrected chi connectivity index (χ2v) is 15.7. The van der Waals surface area contributed by atoms with Crippen LogP contribution in [0.25, 0.3) is 88.3 Å². The molecule has 0 atom stereocenters. The summed E-state index contributed by atoms with van der Waals surface area (Å²) < 4.78 is 0. The van der Waals surface area contributed by atoms with Crippen molar-refractivity contribution >= 4 is 51.4 Å². The Balaban J connectivity index is 1.25. The molecule has 4 nitrogen and oxygen atoms in total. The summed E-state index contributed by atoms with van der Waals surface area (Å²) in [6, 6.07) is 75.7. The molecule has 4 heteroatoms. The van der Waals surface area contributed by atoms with Gasteiger partial charge in [-0.25, -0.2) is 0 Å². The predicted molar refractivity (Wildman–Crippen MR) is 263 cm³/mol. The van der Waals surface area contributed by atoms with E-state index in [1.807, 2.05) is 60.7 Å². The van der Waals surface area contributed by atoms with Crippen molar-refractivity contribution in [3.05, 3.63) is 224 Å². The lowest BCUT2D eigenvalue weighted by Crippen LogP contribution is -2.15. The minimum Gasteiger partial charge on any atom is -0.328 e. The van der Waals surface area contributed by atoms with Crippen LogP contribution in [0.1, 0.15) is 5.56 Å². The van der Waals surface area contributed by atoms with E-state index in [9.17, 15) is 9.59 Å². The number of hydrogen-bond donors (Lipinski definition) is 1. The van der Waals surface area contributed by atoms with Crippen LogP contribution >= 0.6 is 0 Å². The summed E-state index contributed by atoms with van der Waals surface area (Å²) in [6.45, 7) is 2.12. The zero-order chi connectivity index (χ0) is 42.7. The molecule has 10 rings (SSSR count). The number of carbonyl (C=O) groups excluding carboxylic acids is 2. The van der Waals surface area contributed by atoms with Crippen molar-refractivity contribution in [2.45, 2.75) is 6.92 Å². The van der Waals surface area contributed by atoms with E-state index in [1.54, 1.807) is 4.90 Å². The van der Waals surface area contributed by atoms with E-state index in [0.29, 0.717) is 0 Å². The molecular formula is C59H42N2O2. The summed E-state index contributed by atoms with van der Waals surface area (Å²) >= 11 is 0. The third-order valence-corrected chi connectivity index (χ3v) is 12.1. The van der Waals surface area contributed by atoms with E-state index in [0.717, 1.165) is 118 Å². The number of benzene rings is 10. The van der Waals surface area contributed by atoms with Gasteiger partial charge in [-0.3, -0.25) is 14.5 Å². The predicted octanol–water partition coefficient (Wildman–Crippen LogP) is 15.2. The second kappa shape index (κ2) is 17.0. The molecule has 0 saturated carbocycles. The van der Waals surface area contributed by atoms with Crippen LogP contribution in [-0.4, -0.2) is 12.8 Å². The number of carbonyl (C=O) groups is 2. The number of nitrogens with one attached hydrogen (secondary N) is 1. The minimum absolute atomic E-state index is 0.736. The first-order valence-electron chi connectivity index (χ1n) is 21.1. The van der Waals surface area contributed by atoms with Crippen LogP contribution in [0, 0.1) is 6.92 Å². The van der Waals surface area contributed by atoms with Gasteiger partial charge in [0.25, 0.3) is 0 Å². The van der Waals surface area contributed by atoms with E-state index in [-0.39, 0.29) is 0 Å². The van der Waals surface area contributed by atoms with Gasteiger partial charge in [0.15, 0.2) is 0 Å². The van der Waals surface area contributed by atoms with Crippen molar-refractivity contribution in [3.8, 4) is 66.8 Å². The number of anilines is 3. The molecule has 0 radical (unpaired) electrons. The topological polar surface area (TPSA) is 49.4 Å². The van der Waals surface area contributed by atoms with E-state index in [2.05, 4.69) is 170 Å². The van der Waals surface area contributed by atoms with Crippen LogP contribution < -0.4 is 10.2 Å². The van der Waals surface area contributed by atoms with Gasteiger partial charge in [-0.05, 0) is 132 Å². The van der Waals surface area contributed by atoms with E-state index in [1.165, 1.54) is 5.56 Å². The van der Waals surface area contributed by atoms with E-state index >= 15 is 0 Å². The summed E-state index contributed by atoms with van der Waals surface area (Å²) in [5, 5.41) is 7.50. The summed E-state index contributed by atoms with van der Waals surface area (Å²) in [7, 11) is 0. The lowest BCUT2D eigenvalue weighted by Gasteiger charge is -2.24. The first-order valence-corrected chi connectivity index (χ1v) is 21.1. The smallest absolute Gasteiger partial charge is 0.218 e. The van der Waals surface area contributed by atoms with E-state index in [4.69, 9.17) is 0 Å². The van der Waals surface area contributed by atoms with Crippen LogP contribution in [0.4, 0.5) is 17.1 Å². The standard InChI is InChI=1S/C59H42N2O2/c1-40-17-11-12-24-47(40)54-37-45(31-34-57(54)61(39-63)46-22-9-4-10-23-46)59-51-28-16-15-27-50(51)58(42-20-7-3-8-21-42)52-32-29-43(36-55(52)59)44-30-33-56(60-38-62)53(35-44)49-26-14-13-25-48(49)41-18-5-2-6-19-41/h2-39H,1H3,(H,60,62). The van der Waals surface area contributed by atoms with Crippen molar-refractivity contribution in [3.63, 3.8) is 0 Å². The number of rotatable bonds is 11. The fourth-order valence-corrected chi connectivity index (χ4v) is 9.15. The highest BCUT2D eigenvalue weighted by molar-refractivity contribution is 6.22. The molecule has 0 aliphatic heterocycles. The van der Waals surface area contributed by atoms with Crippen LogP contribution in [0.3, 0.4) is 0 Å². The molecule has 0 fully saturated rings. The Hall–Kier alpha value is -8.34. The first kappa shape index (κ1) is 38.8. The van der Waals surface area contributed by atoms with Gasteiger partial charge >= 0.3 is 0 Å². The Morgan fingerprint density at radius 1 is 0.381 bits per heavy atom. The number of fused-ring (bicyclic) bond motifs is 2. The molecule has 0 aromatic heterocycles. The normalized spacial score (nSPS) is 11.1. The summed E-state index contributed by atoms with van der Waals surface area (Å²) in [4.78, 5) is 26.7. The number of para-hydroxylation sites is 1. The Bertz CT molecular complexity index is 3310. The molecule has 63 heavy (non-hydrogen) atoms. The van der Waals surface area contributed by atoms with Gasteiger partial charge in [-0.2, -0.15) is 0 Å². The fraction of sp³-hybridized carbons (Fsp3) is 0.0169. The maximum Gasteiger partial charge on any atom is 0.218 e. The SMILES string of the molecule is Cc1ccccc1-c1cc(-c2c3ccccc3c(-c3ccccc3)c3ccc(-c4ccc(NC=O)c(-c5ccccc5-c5ccccc5)c4)cc23)ccc1N(C=O)c1ccccc1. The van der Waals surface area contributed by atoms with Gasteiger partial charge in [0, 0.05) is 22.5 Å². The molecule has 0 aliphatic carbocycles. The van der Waals surface area contributed by atoms with Crippen molar-refractivity contribution in [2.75, 3.05) is 10.2 Å². The third kappa shape index (κ3) is 7.24. The van der Waals surface area contributed by atoms with E-state index < -0.39 is 0 Å². The minimum atomic E-state index is 0.736. The number of amides is 2. The molecule has 2 amide bonds. The van der Waals surface area contributed by atoms with Gasteiger partial charge in [0.2, 0.25) is 12.8 Å². The van der Waals surface area contributed by atoms with Crippen LogP contribution in [0.5, 0.6) is 0 Å². The molecule has 0 unspecified atom stereocenters. The zero-order valence-corrected chi connectivity index (χ0v) is 34.7. The highest BCUT2D eigenvalue weighted by atomic mass is 16.1. The summed E-state index contributed by atoms with van der Waals surface area (Å²) in [5.41, 5.74) is 16.1.